The number of hydrogen-bond acceptors (Lipinski definition) is 2. The fraction of sp³-hybridized carbons (Fsp3) is 0.333. The molecule has 0 spiro atoms. The standard InChI is InChI=1S/C18H21BrN2/c19-17-9-5-4-8-16(17)18(12-20)21-11-10-15(13-21)14-6-2-1-3-7-14/h1-9,15,18H,10-13,20H2. The highest BCUT2D eigenvalue weighted by molar-refractivity contribution is 9.10. The highest BCUT2D eigenvalue weighted by atomic mass is 79.9. The molecule has 0 aromatic heterocycles. The summed E-state index contributed by atoms with van der Waals surface area (Å²) in [6.45, 7) is 2.86. The molecule has 2 unspecified atom stereocenters. The third-order valence-electron chi connectivity index (χ3n) is 4.42. The van der Waals surface area contributed by atoms with Gasteiger partial charge in [0.15, 0.2) is 0 Å². The van der Waals surface area contributed by atoms with Gasteiger partial charge in [0.1, 0.15) is 0 Å². The second-order valence-corrected chi connectivity index (χ2v) is 6.52. The van der Waals surface area contributed by atoms with Crippen molar-refractivity contribution in [1.82, 2.24) is 4.90 Å². The Morgan fingerprint density at radius 1 is 1.10 bits per heavy atom. The molecular weight excluding hydrogens is 324 g/mol. The van der Waals surface area contributed by atoms with Crippen molar-refractivity contribution in [3.63, 3.8) is 0 Å². The molecule has 1 saturated heterocycles. The summed E-state index contributed by atoms with van der Waals surface area (Å²) < 4.78 is 1.16. The van der Waals surface area contributed by atoms with E-state index in [0.29, 0.717) is 18.5 Å². The SMILES string of the molecule is NCC(c1ccccc1Br)N1CCC(c2ccccc2)C1. The number of benzene rings is 2. The molecule has 2 N–H and O–H groups in total. The smallest absolute Gasteiger partial charge is 0.0481 e. The summed E-state index contributed by atoms with van der Waals surface area (Å²) in [6.07, 6.45) is 1.21. The van der Waals surface area contributed by atoms with Crippen molar-refractivity contribution in [1.29, 1.82) is 0 Å². The van der Waals surface area contributed by atoms with Crippen LogP contribution < -0.4 is 5.73 Å². The minimum absolute atomic E-state index is 0.300. The van der Waals surface area contributed by atoms with Crippen LogP contribution in [0.3, 0.4) is 0 Å². The lowest BCUT2D eigenvalue weighted by Gasteiger charge is -2.28. The quantitative estimate of drug-likeness (QED) is 0.910. The van der Waals surface area contributed by atoms with Gasteiger partial charge < -0.3 is 5.73 Å². The zero-order valence-corrected chi connectivity index (χ0v) is 13.7. The van der Waals surface area contributed by atoms with Crippen LogP contribution in [0.25, 0.3) is 0 Å². The second kappa shape index (κ2) is 6.73. The van der Waals surface area contributed by atoms with Crippen molar-refractivity contribution in [2.75, 3.05) is 19.6 Å². The largest absolute Gasteiger partial charge is 0.329 e. The van der Waals surface area contributed by atoms with Crippen LogP contribution in [0.5, 0.6) is 0 Å². The molecule has 3 rings (SSSR count). The molecule has 0 amide bonds. The highest BCUT2D eigenvalue weighted by Crippen LogP contribution is 2.34. The Hall–Kier alpha value is -1.16. The lowest BCUT2D eigenvalue weighted by molar-refractivity contribution is 0.247. The normalized spacial score (nSPS) is 20.6. The maximum absolute atomic E-state index is 6.08. The minimum atomic E-state index is 0.300. The highest BCUT2D eigenvalue weighted by Gasteiger charge is 2.29. The summed E-state index contributed by atoms with van der Waals surface area (Å²) in [4.78, 5) is 2.53. The molecule has 2 nitrogen and oxygen atoms in total. The van der Waals surface area contributed by atoms with Gasteiger partial charge in [0.2, 0.25) is 0 Å². The number of nitrogens with zero attached hydrogens (tertiary/aromatic N) is 1. The Morgan fingerprint density at radius 3 is 2.52 bits per heavy atom. The van der Waals surface area contributed by atoms with Gasteiger partial charge in [0.05, 0.1) is 0 Å². The molecule has 2 atom stereocenters. The van der Waals surface area contributed by atoms with Gasteiger partial charge in [-0.05, 0) is 36.1 Å². The molecule has 110 valence electrons. The van der Waals surface area contributed by atoms with Crippen LogP contribution in [-0.4, -0.2) is 24.5 Å². The van der Waals surface area contributed by atoms with E-state index in [-0.39, 0.29) is 0 Å². The van der Waals surface area contributed by atoms with Gasteiger partial charge >= 0.3 is 0 Å². The predicted molar refractivity (Wildman–Crippen MR) is 91.3 cm³/mol. The average molecular weight is 345 g/mol. The number of rotatable bonds is 4. The Balaban J connectivity index is 1.77. The van der Waals surface area contributed by atoms with E-state index in [9.17, 15) is 0 Å². The molecule has 2 aromatic carbocycles. The van der Waals surface area contributed by atoms with Crippen LogP contribution in [0, 0.1) is 0 Å². The Morgan fingerprint density at radius 2 is 1.81 bits per heavy atom. The van der Waals surface area contributed by atoms with Crippen LogP contribution in [0.2, 0.25) is 0 Å². The van der Waals surface area contributed by atoms with Gasteiger partial charge in [-0.15, -0.1) is 0 Å². The van der Waals surface area contributed by atoms with Gasteiger partial charge in [-0.25, -0.2) is 0 Å². The molecule has 2 aromatic rings. The summed E-state index contributed by atoms with van der Waals surface area (Å²) >= 11 is 3.66. The Bertz CT molecular complexity index is 585. The molecule has 0 bridgehead atoms. The summed E-state index contributed by atoms with van der Waals surface area (Å²) in [7, 11) is 0. The van der Waals surface area contributed by atoms with Crippen molar-refractivity contribution in [3.8, 4) is 0 Å². The van der Waals surface area contributed by atoms with E-state index >= 15 is 0 Å². The van der Waals surface area contributed by atoms with Crippen molar-refractivity contribution in [3.05, 3.63) is 70.2 Å². The molecule has 1 aliphatic rings. The third-order valence-corrected chi connectivity index (χ3v) is 5.14. The van der Waals surface area contributed by atoms with Crippen LogP contribution in [-0.2, 0) is 0 Å². The van der Waals surface area contributed by atoms with E-state index in [1.54, 1.807) is 0 Å². The topological polar surface area (TPSA) is 29.3 Å². The van der Waals surface area contributed by atoms with E-state index < -0.39 is 0 Å². The third kappa shape index (κ3) is 3.20. The maximum atomic E-state index is 6.08. The lowest BCUT2D eigenvalue weighted by Crippen LogP contribution is -2.32. The summed E-state index contributed by atoms with van der Waals surface area (Å²) in [5.74, 6) is 0.628. The summed E-state index contributed by atoms with van der Waals surface area (Å²) in [6, 6.07) is 19.5. The number of nitrogens with two attached hydrogens (primary N) is 1. The fourth-order valence-corrected chi connectivity index (χ4v) is 3.83. The van der Waals surface area contributed by atoms with Gasteiger partial charge in [-0.3, -0.25) is 4.90 Å². The van der Waals surface area contributed by atoms with E-state index in [1.807, 2.05) is 0 Å². The summed E-state index contributed by atoms with van der Waals surface area (Å²) in [5.41, 5.74) is 8.82. The van der Waals surface area contributed by atoms with E-state index in [1.165, 1.54) is 17.5 Å². The van der Waals surface area contributed by atoms with Gasteiger partial charge in [0.25, 0.3) is 0 Å². The predicted octanol–water partition coefficient (Wildman–Crippen LogP) is 3.94. The van der Waals surface area contributed by atoms with Crippen LogP contribution in [0.4, 0.5) is 0 Å². The van der Waals surface area contributed by atoms with Crippen LogP contribution in [0.1, 0.15) is 29.5 Å². The Labute approximate surface area is 135 Å². The molecule has 1 aliphatic heterocycles. The van der Waals surface area contributed by atoms with Crippen molar-refractivity contribution in [2.45, 2.75) is 18.4 Å². The number of halogens is 1. The van der Waals surface area contributed by atoms with E-state index in [4.69, 9.17) is 5.73 Å². The fourth-order valence-electron chi connectivity index (χ4n) is 3.29. The maximum Gasteiger partial charge on any atom is 0.0481 e. The molecule has 1 fully saturated rings. The lowest BCUT2D eigenvalue weighted by atomic mass is 9.98. The molecule has 0 aliphatic carbocycles. The van der Waals surface area contributed by atoms with E-state index in [0.717, 1.165) is 17.6 Å². The van der Waals surface area contributed by atoms with Crippen molar-refractivity contribution >= 4 is 15.9 Å². The molecular formula is C18H21BrN2. The number of hydrogen-bond donors (Lipinski definition) is 1. The van der Waals surface area contributed by atoms with Crippen molar-refractivity contribution in [2.24, 2.45) is 5.73 Å². The monoisotopic (exact) mass is 344 g/mol. The van der Waals surface area contributed by atoms with Crippen molar-refractivity contribution < 1.29 is 0 Å². The first-order valence-electron chi connectivity index (χ1n) is 7.53. The molecule has 3 heteroatoms. The first-order valence-corrected chi connectivity index (χ1v) is 8.32. The van der Waals surface area contributed by atoms with Crippen LogP contribution >= 0.6 is 15.9 Å². The van der Waals surface area contributed by atoms with E-state index in [2.05, 4.69) is 75.4 Å². The van der Waals surface area contributed by atoms with Gasteiger partial charge in [-0.2, -0.15) is 0 Å². The first kappa shape index (κ1) is 14.8. The zero-order chi connectivity index (χ0) is 14.7. The molecule has 0 radical (unpaired) electrons. The molecule has 1 heterocycles. The summed E-state index contributed by atoms with van der Waals surface area (Å²) in [5, 5.41) is 0. The Kier molecular flexibility index (Phi) is 4.73. The first-order chi connectivity index (χ1) is 10.3. The second-order valence-electron chi connectivity index (χ2n) is 5.66. The average Bonchev–Trinajstić information content (AvgIpc) is 3.00. The number of likely N-dealkylation sites (tertiary alicyclic amines) is 1. The van der Waals surface area contributed by atoms with Gasteiger partial charge in [0, 0.05) is 23.6 Å². The molecule has 0 saturated carbocycles. The van der Waals surface area contributed by atoms with Crippen LogP contribution in [0.15, 0.2) is 59.1 Å². The van der Waals surface area contributed by atoms with Gasteiger partial charge in [-0.1, -0.05) is 64.5 Å². The zero-order valence-electron chi connectivity index (χ0n) is 12.1. The molecule has 21 heavy (non-hydrogen) atoms. The minimum Gasteiger partial charge on any atom is -0.329 e.